The van der Waals surface area contributed by atoms with Crippen molar-refractivity contribution in [2.75, 3.05) is 20.0 Å². The van der Waals surface area contributed by atoms with E-state index in [0.717, 1.165) is 42.0 Å². The van der Waals surface area contributed by atoms with Gasteiger partial charge in [-0.15, -0.1) is 0 Å². The maximum Gasteiger partial charge on any atom is 0.231 e. The number of hydrogen-bond acceptors (Lipinski definition) is 4. The lowest BCUT2D eigenvalue weighted by Crippen LogP contribution is -2.40. The van der Waals surface area contributed by atoms with Crippen LogP contribution in [-0.2, 0) is 9.47 Å². The molecule has 1 aromatic carbocycles. The molecule has 1 aromatic rings. The van der Waals surface area contributed by atoms with Crippen molar-refractivity contribution in [3.05, 3.63) is 24.3 Å². The maximum absolute atomic E-state index is 5.56. The molecule has 2 aliphatic heterocycles. The van der Waals surface area contributed by atoms with Gasteiger partial charge in [-0.3, -0.25) is 0 Å². The standard InChI is InChI=1S/C9H16.C8H14O2.C7H6O2.CH4/c1-9(2)7-5-3-4-6-8(7)9;1-2-4-8-7(3-1)9-5-6-10-8;1-2-4-7-6(3-1)8-5-9-7;/h7-8H,3-6H2,1-2H3;7-8H,1-6H2;1-4H,5H2;1H4. The van der Waals surface area contributed by atoms with Crippen molar-refractivity contribution in [3.63, 3.8) is 0 Å². The molecule has 4 nitrogen and oxygen atoms in total. The predicted molar refractivity (Wildman–Crippen MR) is 116 cm³/mol. The van der Waals surface area contributed by atoms with Gasteiger partial charge in [0, 0.05) is 0 Å². The number of fused-ring (bicyclic) bond motifs is 3. The van der Waals surface area contributed by atoms with E-state index < -0.39 is 0 Å². The van der Waals surface area contributed by atoms with E-state index in [2.05, 4.69) is 13.8 Å². The third-order valence-corrected chi connectivity index (χ3v) is 7.24. The summed E-state index contributed by atoms with van der Waals surface area (Å²) in [6.45, 7) is 6.85. The zero-order valence-electron chi connectivity index (χ0n) is 17.5. The van der Waals surface area contributed by atoms with Crippen LogP contribution in [0.4, 0.5) is 0 Å². The van der Waals surface area contributed by atoms with E-state index in [1.807, 2.05) is 24.3 Å². The monoisotopic (exact) mass is 404 g/mol. The van der Waals surface area contributed by atoms with Crippen LogP contribution < -0.4 is 9.47 Å². The van der Waals surface area contributed by atoms with Crippen molar-refractivity contribution >= 4 is 0 Å². The second kappa shape index (κ2) is 10.2. The van der Waals surface area contributed by atoms with Gasteiger partial charge in [-0.25, -0.2) is 0 Å². The lowest BCUT2D eigenvalue weighted by atomic mass is 9.94. The Labute approximate surface area is 177 Å². The minimum Gasteiger partial charge on any atom is -0.454 e. The summed E-state index contributed by atoms with van der Waals surface area (Å²) < 4.78 is 21.3. The summed E-state index contributed by atoms with van der Waals surface area (Å²) in [6, 6.07) is 7.63. The molecular formula is C25H40O4. The second-order valence-corrected chi connectivity index (χ2v) is 9.28. The number of para-hydroxylation sites is 2. The molecule has 4 heteroatoms. The minimum atomic E-state index is 0. The average Bonchev–Trinajstić information content (AvgIpc) is 3.08. The first-order chi connectivity index (χ1) is 13.7. The van der Waals surface area contributed by atoms with Crippen LogP contribution >= 0.6 is 0 Å². The van der Waals surface area contributed by atoms with Gasteiger partial charge in [0.05, 0.1) is 25.4 Å². The summed E-state index contributed by atoms with van der Waals surface area (Å²) in [7, 11) is 0. The molecule has 3 saturated carbocycles. The molecule has 0 N–H and O–H groups in total. The lowest BCUT2D eigenvalue weighted by Gasteiger charge is -2.35. The van der Waals surface area contributed by atoms with E-state index in [1.54, 1.807) is 0 Å². The van der Waals surface area contributed by atoms with Crippen molar-refractivity contribution in [2.24, 2.45) is 17.3 Å². The molecule has 1 saturated heterocycles. The number of ether oxygens (including phenoxy) is 4. The molecule has 0 bridgehead atoms. The van der Waals surface area contributed by atoms with Gasteiger partial charge in [0.25, 0.3) is 0 Å². The molecule has 0 amide bonds. The fourth-order valence-corrected chi connectivity index (χ4v) is 5.42. The van der Waals surface area contributed by atoms with Crippen LogP contribution in [0.3, 0.4) is 0 Å². The van der Waals surface area contributed by atoms with Crippen LogP contribution in [0.2, 0.25) is 0 Å². The lowest BCUT2D eigenvalue weighted by molar-refractivity contribution is -0.153. The molecule has 29 heavy (non-hydrogen) atoms. The van der Waals surface area contributed by atoms with Crippen LogP contribution in [0.5, 0.6) is 11.5 Å². The molecule has 0 aromatic heterocycles. The fraction of sp³-hybridized carbons (Fsp3) is 0.760. The van der Waals surface area contributed by atoms with E-state index in [-0.39, 0.29) is 7.43 Å². The van der Waals surface area contributed by atoms with E-state index in [4.69, 9.17) is 18.9 Å². The average molecular weight is 405 g/mol. The third-order valence-electron chi connectivity index (χ3n) is 7.24. The van der Waals surface area contributed by atoms with Gasteiger partial charge in [0.2, 0.25) is 6.79 Å². The zero-order valence-corrected chi connectivity index (χ0v) is 17.5. The minimum absolute atomic E-state index is 0. The first-order valence-electron chi connectivity index (χ1n) is 11.2. The summed E-state index contributed by atoms with van der Waals surface area (Å²) in [5, 5.41) is 0. The Morgan fingerprint density at radius 3 is 1.62 bits per heavy atom. The first kappa shape index (κ1) is 22.4. The van der Waals surface area contributed by atoms with Crippen LogP contribution in [0.15, 0.2) is 24.3 Å². The molecule has 0 radical (unpaired) electrons. The Hall–Kier alpha value is -1.26. The summed E-state index contributed by atoms with van der Waals surface area (Å²) in [4.78, 5) is 0. The van der Waals surface area contributed by atoms with E-state index in [1.165, 1.54) is 51.4 Å². The smallest absolute Gasteiger partial charge is 0.231 e. The second-order valence-electron chi connectivity index (χ2n) is 9.28. The highest BCUT2D eigenvalue weighted by atomic mass is 16.7. The van der Waals surface area contributed by atoms with Gasteiger partial charge < -0.3 is 18.9 Å². The van der Waals surface area contributed by atoms with Crippen molar-refractivity contribution in [1.29, 1.82) is 0 Å². The van der Waals surface area contributed by atoms with Crippen molar-refractivity contribution in [1.82, 2.24) is 0 Å². The summed E-state index contributed by atoms with van der Waals surface area (Å²) in [5.41, 5.74) is 0.747. The van der Waals surface area contributed by atoms with Gasteiger partial charge in [-0.05, 0) is 55.1 Å². The van der Waals surface area contributed by atoms with E-state index >= 15 is 0 Å². The molecule has 4 atom stereocenters. The van der Waals surface area contributed by atoms with Gasteiger partial charge in [0.1, 0.15) is 0 Å². The highest BCUT2D eigenvalue weighted by Gasteiger charge is 2.57. The molecular weight excluding hydrogens is 364 g/mol. The van der Waals surface area contributed by atoms with Crippen molar-refractivity contribution in [3.8, 4) is 11.5 Å². The van der Waals surface area contributed by atoms with Crippen LogP contribution in [0.1, 0.15) is 72.6 Å². The van der Waals surface area contributed by atoms with Crippen LogP contribution in [-0.4, -0.2) is 32.2 Å². The van der Waals surface area contributed by atoms with Crippen molar-refractivity contribution < 1.29 is 18.9 Å². The Bertz CT molecular complexity index is 566. The summed E-state index contributed by atoms with van der Waals surface area (Å²) >= 11 is 0. The molecule has 2 heterocycles. The molecule has 6 rings (SSSR count). The number of benzene rings is 1. The summed E-state index contributed by atoms with van der Waals surface area (Å²) in [6.07, 6.45) is 12.0. The topological polar surface area (TPSA) is 36.9 Å². The van der Waals surface area contributed by atoms with Gasteiger partial charge in [-0.2, -0.15) is 0 Å². The Morgan fingerprint density at radius 1 is 0.724 bits per heavy atom. The quantitative estimate of drug-likeness (QED) is 0.514. The number of rotatable bonds is 0. The molecule has 164 valence electrons. The molecule has 4 unspecified atom stereocenters. The van der Waals surface area contributed by atoms with Crippen molar-refractivity contribution in [2.45, 2.75) is 84.8 Å². The molecule has 5 aliphatic rings. The largest absolute Gasteiger partial charge is 0.454 e. The number of hydrogen-bond donors (Lipinski definition) is 0. The molecule has 3 aliphatic carbocycles. The SMILES string of the molecule is C.C1CCC2OCCOC2C1.CC1(C)C2CCCCC21.c1ccc2c(c1)OCO2. The van der Waals surface area contributed by atoms with E-state index in [0.29, 0.717) is 19.0 Å². The first-order valence-corrected chi connectivity index (χ1v) is 11.2. The normalized spacial score (nSPS) is 32.6. The summed E-state index contributed by atoms with van der Waals surface area (Å²) in [5.74, 6) is 3.92. The van der Waals surface area contributed by atoms with E-state index in [9.17, 15) is 0 Å². The van der Waals surface area contributed by atoms with Crippen LogP contribution in [0, 0.1) is 17.3 Å². The Morgan fingerprint density at radius 2 is 1.17 bits per heavy atom. The van der Waals surface area contributed by atoms with Gasteiger partial charge in [-0.1, -0.05) is 59.1 Å². The predicted octanol–water partition coefficient (Wildman–Crippen LogP) is 6.23. The fourth-order valence-electron chi connectivity index (χ4n) is 5.42. The Balaban J connectivity index is 0.000000122. The van der Waals surface area contributed by atoms with Crippen LogP contribution in [0.25, 0.3) is 0 Å². The molecule has 4 fully saturated rings. The maximum atomic E-state index is 5.56. The molecule has 0 spiro atoms. The van der Waals surface area contributed by atoms with Gasteiger partial charge >= 0.3 is 0 Å². The third kappa shape index (κ3) is 5.46. The highest BCUT2D eigenvalue weighted by Crippen LogP contribution is 2.64. The van der Waals surface area contributed by atoms with Gasteiger partial charge in [0.15, 0.2) is 11.5 Å². The highest BCUT2D eigenvalue weighted by molar-refractivity contribution is 5.40. The zero-order chi connectivity index (χ0) is 19.4. The Kier molecular flexibility index (Phi) is 7.86.